The molecule has 0 saturated carbocycles. The Morgan fingerprint density at radius 3 is 2.43 bits per heavy atom. The smallest absolute Gasteiger partial charge is 0.0438 e. The zero-order valence-corrected chi connectivity index (χ0v) is 9.77. The van der Waals surface area contributed by atoms with Crippen LogP contribution in [0.15, 0.2) is 24.3 Å². The molecule has 1 aromatic rings. The Hall–Kier alpha value is -0.470. The first kappa shape index (κ1) is 10.1. The average Bonchev–Trinajstić information content (AvgIpc) is 2.18. The highest BCUT2D eigenvalue weighted by molar-refractivity contribution is 8.00. The summed E-state index contributed by atoms with van der Waals surface area (Å²) in [4.78, 5) is 0. The first-order valence-electron chi connectivity index (χ1n) is 5.15. The second-order valence-electron chi connectivity index (χ2n) is 3.88. The molecule has 2 rings (SSSR count). The highest BCUT2D eigenvalue weighted by Crippen LogP contribution is 2.44. The fraction of sp³-hybridized carbons (Fsp3) is 0.500. The molecule has 0 aromatic heterocycles. The van der Waals surface area contributed by atoms with Crippen molar-refractivity contribution >= 4 is 11.8 Å². The van der Waals surface area contributed by atoms with E-state index < -0.39 is 0 Å². The SMILES string of the molecule is CNC1c2ccccc2C(C)SC1C. The summed E-state index contributed by atoms with van der Waals surface area (Å²) in [5.74, 6) is 0. The predicted octanol–water partition coefficient (Wildman–Crippen LogP) is 3.14. The van der Waals surface area contributed by atoms with Crippen LogP contribution < -0.4 is 5.32 Å². The van der Waals surface area contributed by atoms with Crippen LogP contribution in [0.2, 0.25) is 0 Å². The van der Waals surface area contributed by atoms with Gasteiger partial charge in [0.15, 0.2) is 0 Å². The van der Waals surface area contributed by atoms with E-state index in [0.29, 0.717) is 16.5 Å². The minimum atomic E-state index is 0.507. The van der Waals surface area contributed by atoms with Crippen molar-refractivity contribution in [2.45, 2.75) is 30.4 Å². The largest absolute Gasteiger partial charge is 0.312 e. The molecule has 0 aliphatic carbocycles. The number of hydrogen-bond acceptors (Lipinski definition) is 2. The predicted molar refractivity (Wildman–Crippen MR) is 63.7 cm³/mol. The fourth-order valence-electron chi connectivity index (χ4n) is 2.28. The van der Waals surface area contributed by atoms with Crippen LogP contribution in [0.25, 0.3) is 0 Å². The van der Waals surface area contributed by atoms with E-state index in [0.717, 1.165) is 0 Å². The number of thioether (sulfide) groups is 1. The Balaban J connectivity index is 2.45. The van der Waals surface area contributed by atoms with Crippen LogP contribution in [-0.4, -0.2) is 12.3 Å². The summed E-state index contributed by atoms with van der Waals surface area (Å²) >= 11 is 2.05. The summed E-state index contributed by atoms with van der Waals surface area (Å²) in [5, 5.41) is 4.70. The molecule has 0 radical (unpaired) electrons. The monoisotopic (exact) mass is 207 g/mol. The van der Waals surface area contributed by atoms with E-state index in [1.54, 1.807) is 0 Å². The topological polar surface area (TPSA) is 12.0 Å². The van der Waals surface area contributed by atoms with Crippen molar-refractivity contribution in [3.05, 3.63) is 35.4 Å². The van der Waals surface area contributed by atoms with Gasteiger partial charge in [-0.05, 0) is 25.1 Å². The van der Waals surface area contributed by atoms with E-state index in [2.05, 4.69) is 62.2 Å². The number of benzene rings is 1. The number of fused-ring (bicyclic) bond motifs is 1. The highest BCUT2D eigenvalue weighted by atomic mass is 32.2. The van der Waals surface area contributed by atoms with Gasteiger partial charge in [-0.3, -0.25) is 0 Å². The number of nitrogens with one attached hydrogen (secondary N) is 1. The summed E-state index contributed by atoms with van der Waals surface area (Å²) in [5.41, 5.74) is 2.98. The molecule has 0 bridgehead atoms. The van der Waals surface area contributed by atoms with Gasteiger partial charge in [0.2, 0.25) is 0 Å². The van der Waals surface area contributed by atoms with Crippen LogP contribution in [-0.2, 0) is 0 Å². The van der Waals surface area contributed by atoms with Gasteiger partial charge in [-0.25, -0.2) is 0 Å². The average molecular weight is 207 g/mol. The quantitative estimate of drug-likeness (QED) is 0.759. The molecule has 0 spiro atoms. The van der Waals surface area contributed by atoms with E-state index in [9.17, 15) is 0 Å². The van der Waals surface area contributed by atoms with Crippen molar-refractivity contribution in [1.82, 2.24) is 5.32 Å². The molecular formula is C12H17NS. The first-order chi connectivity index (χ1) is 6.74. The van der Waals surface area contributed by atoms with Gasteiger partial charge >= 0.3 is 0 Å². The van der Waals surface area contributed by atoms with Crippen molar-refractivity contribution in [1.29, 1.82) is 0 Å². The summed E-state index contributed by atoms with van der Waals surface area (Å²) in [6.45, 7) is 4.60. The molecule has 3 atom stereocenters. The molecule has 76 valence electrons. The van der Waals surface area contributed by atoms with Crippen molar-refractivity contribution in [3.63, 3.8) is 0 Å². The normalized spacial score (nSPS) is 31.2. The molecule has 1 aliphatic rings. The molecule has 1 N–H and O–H groups in total. The lowest BCUT2D eigenvalue weighted by Gasteiger charge is -2.34. The van der Waals surface area contributed by atoms with Gasteiger partial charge in [-0.15, -0.1) is 11.8 Å². The van der Waals surface area contributed by atoms with Crippen LogP contribution in [0, 0.1) is 0 Å². The molecular weight excluding hydrogens is 190 g/mol. The molecule has 0 amide bonds. The lowest BCUT2D eigenvalue weighted by atomic mass is 9.96. The third-order valence-electron chi connectivity index (χ3n) is 2.97. The molecule has 3 unspecified atom stereocenters. The van der Waals surface area contributed by atoms with Gasteiger partial charge in [0, 0.05) is 16.5 Å². The summed E-state index contributed by atoms with van der Waals surface area (Å²) < 4.78 is 0. The highest BCUT2D eigenvalue weighted by Gasteiger charge is 2.29. The maximum atomic E-state index is 3.41. The standard InChI is InChI=1S/C12H17NS/c1-8-10-6-4-5-7-11(10)12(13-3)9(2)14-8/h4-9,12-13H,1-3H3. The maximum absolute atomic E-state index is 3.41. The van der Waals surface area contributed by atoms with Crippen molar-refractivity contribution in [3.8, 4) is 0 Å². The lowest BCUT2D eigenvalue weighted by Crippen LogP contribution is -2.30. The fourth-order valence-corrected chi connectivity index (χ4v) is 3.73. The van der Waals surface area contributed by atoms with E-state index in [1.165, 1.54) is 11.1 Å². The van der Waals surface area contributed by atoms with Gasteiger partial charge < -0.3 is 5.32 Å². The zero-order chi connectivity index (χ0) is 10.1. The molecule has 14 heavy (non-hydrogen) atoms. The van der Waals surface area contributed by atoms with Gasteiger partial charge in [-0.2, -0.15) is 0 Å². The van der Waals surface area contributed by atoms with Gasteiger partial charge in [-0.1, -0.05) is 31.2 Å². The summed E-state index contributed by atoms with van der Waals surface area (Å²) in [7, 11) is 2.05. The second-order valence-corrected chi connectivity index (χ2v) is 5.60. The Bertz CT molecular complexity index is 324. The Labute approximate surface area is 90.3 Å². The molecule has 2 heteroatoms. The van der Waals surface area contributed by atoms with Crippen LogP contribution >= 0.6 is 11.8 Å². The van der Waals surface area contributed by atoms with Gasteiger partial charge in [0.1, 0.15) is 0 Å². The molecule has 0 fully saturated rings. The Morgan fingerprint density at radius 2 is 1.79 bits per heavy atom. The maximum Gasteiger partial charge on any atom is 0.0438 e. The van der Waals surface area contributed by atoms with Crippen molar-refractivity contribution in [2.75, 3.05) is 7.05 Å². The van der Waals surface area contributed by atoms with Gasteiger partial charge in [0.05, 0.1) is 0 Å². The molecule has 1 aliphatic heterocycles. The molecule has 1 aromatic carbocycles. The third kappa shape index (κ3) is 1.57. The third-order valence-corrected chi connectivity index (χ3v) is 4.33. The molecule has 0 saturated heterocycles. The summed E-state index contributed by atoms with van der Waals surface area (Å²) in [6, 6.07) is 9.29. The van der Waals surface area contributed by atoms with E-state index in [1.807, 2.05) is 0 Å². The van der Waals surface area contributed by atoms with Crippen molar-refractivity contribution in [2.24, 2.45) is 0 Å². The van der Waals surface area contributed by atoms with E-state index >= 15 is 0 Å². The minimum absolute atomic E-state index is 0.507. The van der Waals surface area contributed by atoms with Crippen LogP contribution in [0.5, 0.6) is 0 Å². The number of hydrogen-bond donors (Lipinski definition) is 1. The van der Waals surface area contributed by atoms with E-state index in [-0.39, 0.29) is 0 Å². The lowest BCUT2D eigenvalue weighted by molar-refractivity contribution is 0.573. The zero-order valence-electron chi connectivity index (χ0n) is 8.95. The Morgan fingerprint density at radius 1 is 1.14 bits per heavy atom. The number of rotatable bonds is 1. The summed E-state index contributed by atoms with van der Waals surface area (Å²) in [6.07, 6.45) is 0. The Kier molecular flexibility index (Phi) is 2.84. The van der Waals surface area contributed by atoms with Crippen LogP contribution in [0.1, 0.15) is 36.3 Å². The minimum Gasteiger partial charge on any atom is -0.312 e. The molecule has 1 heterocycles. The first-order valence-corrected chi connectivity index (χ1v) is 6.10. The van der Waals surface area contributed by atoms with Crippen LogP contribution in [0.4, 0.5) is 0 Å². The van der Waals surface area contributed by atoms with Crippen LogP contribution in [0.3, 0.4) is 0 Å². The second kappa shape index (κ2) is 3.95. The van der Waals surface area contributed by atoms with Gasteiger partial charge in [0.25, 0.3) is 0 Å². The molecule has 1 nitrogen and oxygen atoms in total. The van der Waals surface area contributed by atoms with Crippen molar-refractivity contribution < 1.29 is 0 Å². The van der Waals surface area contributed by atoms with E-state index in [4.69, 9.17) is 0 Å².